The highest BCUT2D eigenvalue weighted by Crippen LogP contribution is 2.33. The van der Waals surface area contributed by atoms with Gasteiger partial charge in [-0.2, -0.15) is 0 Å². The summed E-state index contributed by atoms with van der Waals surface area (Å²) in [6.45, 7) is 8.07. The third kappa shape index (κ3) is 3.75. The van der Waals surface area contributed by atoms with E-state index in [1.165, 1.54) is 11.1 Å². The molecule has 1 aromatic carbocycles. The van der Waals surface area contributed by atoms with Crippen LogP contribution in [0, 0.1) is 6.92 Å². The lowest BCUT2D eigenvalue weighted by atomic mass is 9.86. The number of esters is 1. The van der Waals surface area contributed by atoms with Crippen LogP contribution in [-0.2, 0) is 4.74 Å². The topological polar surface area (TPSA) is 78.2 Å². The number of ether oxygens (including phenoxy) is 1. The first-order valence-electron chi connectivity index (χ1n) is 9.30. The van der Waals surface area contributed by atoms with E-state index in [-0.39, 0.29) is 24.0 Å². The molecule has 3 rings (SSSR count). The van der Waals surface area contributed by atoms with E-state index in [1.807, 2.05) is 6.92 Å². The number of piperidine rings is 1. The molecule has 1 fully saturated rings. The summed E-state index contributed by atoms with van der Waals surface area (Å²) >= 11 is 0. The quantitative estimate of drug-likeness (QED) is 0.806. The van der Waals surface area contributed by atoms with Crippen LogP contribution in [0.25, 0.3) is 0 Å². The number of benzene rings is 1. The number of aryl methyl sites for hydroxylation is 1. The number of carbonyl (C=O) groups is 1. The number of nitrogens with one attached hydrogen (secondary N) is 2. The standard InChI is InChI=1S/C20H27N3O3/c1-4-26-19(24)18-17(21-20(25)22-18)14(3)23-11-9-15(10-12-23)16-8-6-5-7-13(16)2/h5-8,14-15H,4,9-12H2,1-3H3,(H2,21,22,25). The number of rotatable bonds is 5. The van der Waals surface area contributed by atoms with Crippen molar-refractivity contribution in [2.24, 2.45) is 0 Å². The van der Waals surface area contributed by atoms with Crippen LogP contribution in [0.4, 0.5) is 0 Å². The van der Waals surface area contributed by atoms with Crippen LogP contribution in [0.15, 0.2) is 29.1 Å². The maximum absolute atomic E-state index is 12.1. The maximum atomic E-state index is 12.1. The largest absolute Gasteiger partial charge is 0.461 e. The first kappa shape index (κ1) is 18.5. The lowest BCUT2D eigenvalue weighted by Crippen LogP contribution is -2.36. The van der Waals surface area contributed by atoms with Crippen LogP contribution in [0.3, 0.4) is 0 Å². The van der Waals surface area contributed by atoms with Crippen LogP contribution in [-0.4, -0.2) is 40.5 Å². The van der Waals surface area contributed by atoms with E-state index in [0.717, 1.165) is 25.9 Å². The average Bonchev–Trinajstić information content (AvgIpc) is 3.04. The summed E-state index contributed by atoms with van der Waals surface area (Å²) in [6, 6.07) is 8.52. The fourth-order valence-corrected chi connectivity index (χ4v) is 3.90. The van der Waals surface area contributed by atoms with E-state index in [4.69, 9.17) is 4.74 Å². The minimum absolute atomic E-state index is 0.0498. The highest BCUT2D eigenvalue weighted by molar-refractivity contribution is 5.88. The Morgan fingerprint density at radius 3 is 2.62 bits per heavy atom. The second-order valence-electron chi connectivity index (χ2n) is 6.93. The number of nitrogens with zero attached hydrogens (tertiary/aromatic N) is 1. The van der Waals surface area contributed by atoms with Crippen LogP contribution < -0.4 is 5.69 Å². The minimum Gasteiger partial charge on any atom is -0.461 e. The van der Waals surface area contributed by atoms with Gasteiger partial charge in [-0.15, -0.1) is 0 Å². The number of hydrogen-bond donors (Lipinski definition) is 2. The van der Waals surface area contributed by atoms with Crippen LogP contribution >= 0.6 is 0 Å². The molecule has 2 heterocycles. The first-order valence-corrected chi connectivity index (χ1v) is 9.30. The molecule has 1 aliphatic heterocycles. The van der Waals surface area contributed by atoms with Crippen molar-refractivity contribution in [3.63, 3.8) is 0 Å². The highest BCUT2D eigenvalue weighted by Gasteiger charge is 2.29. The molecule has 1 aliphatic rings. The van der Waals surface area contributed by atoms with Crippen molar-refractivity contribution >= 4 is 5.97 Å². The smallest absolute Gasteiger partial charge is 0.356 e. The Labute approximate surface area is 153 Å². The van der Waals surface area contributed by atoms with Gasteiger partial charge in [-0.05, 0) is 63.7 Å². The molecule has 1 aromatic heterocycles. The molecular weight excluding hydrogens is 330 g/mol. The number of aromatic amines is 2. The third-order valence-corrected chi connectivity index (χ3v) is 5.36. The minimum atomic E-state index is -0.484. The van der Waals surface area contributed by atoms with E-state index in [0.29, 0.717) is 11.6 Å². The Morgan fingerprint density at radius 2 is 1.96 bits per heavy atom. The molecule has 0 radical (unpaired) electrons. The van der Waals surface area contributed by atoms with Crippen molar-refractivity contribution < 1.29 is 9.53 Å². The normalized spacial score (nSPS) is 17.2. The number of carbonyl (C=O) groups excluding carboxylic acids is 1. The number of aromatic nitrogens is 2. The Balaban J connectivity index is 1.71. The number of likely N-dealkylation sites (tertiary alicyclic amines) is 1. The predicted molar refractivity (Wildman–Crippen MR) is 101 cm³/mol. The molecule has 0 spiro atoms. The zero-order valence-corrected chi connectivity index (χ0v) is 15.7. The molecule has 0 bridgehead atoms. The van der Waals surface area contributed by atoms with Gasteiger partial charge in [0.1, 0.15) is 5.69 Å². The van der Waals surface area contributed by atoms with E-state index >= 15 is 0 Å². The van der Waals surface area contributed by atoms with Gasteiger partial charge >= 0.3 is 11.7 Å². The number of hydrogen-bond acceptors (Lipinski definition) is 4. The lowest BCUT2D eigenvalue weighted by molar-refractivity contribution is 0.0514. The van der Waals surface area contributed by atoms with E-state index in [1.54, 1.807) is 6.92 Å². The number of imidazole rings is 1. The monoisotopic (exact) mass is 357 g/mol. The molecule has 2 N–H and O–H groups in total. The molecule has 0 saturated carbocycles. The fraction of sp³-hybridized carbons (Fsp3) is 0.500. The van der Waals surface area contributed by atoms with Gasteiger partial charge in [-0.1, -0.05) is 24.3 Å². The van der Waals surface area contributed by atoms with Gasteiger partial charge in [0.25, 0.3) is 0 Å². The molecule has 0 amide bonds. The van der Waals surface area contributed by atoms with E-state index in [9.17, 15) is 9.59 Å². The molecule has 2 aromatic rings. The van der Waals surface area contributed by atoms with E-state index in [2.05, 4.69) is 46.1 Å². The third-order valence-electron chi connectivity index (χ3n) is 5.36. The second kappa shape index (κ2) is 7.91. The molecular formula is C20H27N3O3. The van der Waals surface area contributed by atoms with Crippen molar-refractivity contribution in [3.8, 4) is 0 Å². The second-order valence-corrected chi connectivity index (χ2v) is 6.93. The summed E-state index contributed by atoms with van der Waals surface area (Å²) in [4.78, 5) is 31.5. The van der Waals surface area contributed by atoms with Crippen molar-refractivity contribution in [2.75, 3.05) is 19.7 Å². The zero-order valence-electron chi connectivity index (χ0n) is 15.7. The Hall–Kier alpha value is -2.34. The maximum Gasteiger partial charge on any atom is 0.356 e. The SMILES string of the molecule is CCOC(=O)c1[nH]c(=O)[nH]c1C(C)N1CCC(c2ccccc2C)CC1. The molecule has 1 unspecified atom stereocenters. The predicted octanol–water partition coefficient (Wildman–Crippen LogP) is 3.13. The van der Waals surface area contributed by atoms with Crippen LogP contribution in [0.5, 0.6) is 0 Å². The van der Waals surface area contributed by atoms with Crippen molar-refractivity contribution in [3.05, 3.63) is 57.3 Å². The van der Waals surface area contributed by atoms with Crippen molar-refractivity contribution in [2.45, 2.75) is 45.6 Å². The Morgan fingerprint density at radius 1 is 1.27 bits per heavy atom. The van der Waals surface area contributed by atoms with Gasteiger partial charge in [-0.3, -0.25) is 9.88 Å². The molecule has 1 atom stereocenters. The van der Waals surface area contributed by atoms with Crippen LogP contribution in [0.1, 0.15) is 66.0 Å². The Kier molecular flexibility index (Phi) is 5.61. The Bertz CT molecular complexity index is 816. The molecule has 6 heteroatoms. The first-order chi connectivity index (χ1) is 12.5. The summed E-state index contributed by atoms with van der Waals surface area (Å²) in [7, 11) is 0. The van der Waals surface area contributed by atoms with Crippen molar-refractivity contribution in [1.82, 2.24) is 14.9 Å². The average molecular weight is 357 g/mol. The summed E-state index contributed by atoms with van der Waals surface area (Å²) in [6.07, 6.45) is 2.14. The molecule has 26 heavy (non-hydrogen) atoms. The zero-order chi connectivity index (χ0) is 18.7. The number of H-pyrrole nitrogens is 2. The van der Waals surface area contributed by atoms with Gasteiger partial charge in [0.05, 0.1) is 12.3 Å². The fourth-order valence-electron chi connectivity index (χ4n) is 3.90. The summed E-state index contributed by atoms with van der Waals surface area (Å²) < 4.78 is 5.06. The molecule has 1 saturated heterocycles. The van der Waals surface area contributed by atoms with Crippen LogP contribution in [0.2, 0.25) is 0 Å². The van der Waals surface area contributed by atoms with E-state index < -0.39 is 5.97 Å². The summed E-state index contributed by atoms with van der Waals surface area (Å²) in [5.74, 6) is 0.0805. The highest BCUT2D eigenvalue weighted by atomic mass is 16.5. The van der Waals surface area contributed by atoms with Gasteiger partial charge in [0.15, 0.2) is 0 Å². The van der Waals surface area contributed by atoms with Gasteiger partial charge < -0.3 is 9.72 Å². The summed E-state index contributed by atoms with van der Waals surface area (Å²) in [5.41, 5.74) is 3.26. The van der Waals surface area contributed by atoms with Crippen molar-refractivity contribution in [1.29, 1.82) is 0 Å². The molecule has 140 valence electrons. The van der Waals surface area contributed by atoms with Gasteiger partial charge in [0, 0.05) is 6.04 Å². The molecule has 0 aliphatic carbocycles. The lowest BCUT2D eigenvalue weighted by Gasteiger charge is -2.36. The van der Waals surface area contributed by atoms with Gasteiger partial charge in [-0.25, -0.2) is 9.59 Å². The van der Waals surface area contributed by atoms with Gasteiger partial charge in [0.2, 0.25) is 0 Å². The molecule has 6 nitrogen and oxygen atoms in total. The summed E-state index contributed by atoms with van der Waals surface area (Å²) in [5, 5.41) is 0.